The summed E-state index contributed by atoms with van der Waals surface area (Å²) >= 11 is 10.3. The van der Waals surface area contributed by atoms with Gasteiger partial charge in [-0.1, -0.05) is 30.7 Å². The number of nitrogens with one attached hydrogen (secondary N) is 1. The van der Waals surface area contributed by atoms with Crippen LogP contribution >= 0.6 is 38.9 Å². The molecule has 1 heterocycles. The molecule has 1 N–H and O–H groups in total. The Morgan fingerprint density at radius 2 is 1.90 bits per heavy atom. The minimum absolute atomic E-state index is 0.266. The van der Waals surface area contributed by atoms with Crippen molar-refractivity contribution in [2.45, 2.75) is 23.6 Å². The van der Waals surface area contributed by atoms with E-state index in [-0.39, 0.29) is 6.04 Å². The maximum Gasteiger partial charge on any atom is 0.250 e. The molecule has 0 aliphatic carbocycles. The van der Waals surface area contributed by atoms with E-state index in [1.165, 1.54) is 11.3 Å². The maximum atomic E-state index is 12.3. The lowest BCUT2D eigenvalue weighted by atomic mass is 10.1. The van der Waals surface area contributed by atoms with Gasteiger partial charge in [-0.15, -0.1) is 11.3 Å². The van der Waals surface area contributed by atoms with E-state index >= 15 is 0 Å². The van der Waals surface area contributed by atoms with Gasteiger partial charge in [0.05, 0.1) is 3.79 Å². The van der Waals surface area contributed by atoms with Gasteiger partial charge in [-0.25, -0.2) is 13.1 Å². The van der Waals surface area contributed by atoms with Crippen molar-refractivity contribution in [3.63, 3.8) is 0 Å². The Labute approximate surface area is 136 Å². The average Bonchev–Trinajstić information content (AvgIpc) is 2.85. The molecule has 3 nitrogen and oxygen atoms in total. The summed E-state index contributed by atoms with van der Waals surface area (Å²) in [5, 5.41) is 0.633. The SMILES string of the molecule is CC[C@@H](NS(=O)(=O)c1ccc(Br)s1)c1ccc(Cl)cc1. The van der Waals surface area contributed by atoms with Crippen LogP contribution in [0.3, 0.4) is 0 Å². The highest BCUT2D eigenvalue weighted by atomic mass is 79.9. The van der Waals surface area contributed by atoms with E-state index in [1.807, 2.05) is 19.1 Å². The number of thiophene rings is 1. The predicted octanol–water partition coefficient (Wildman–Crippen LogP) is 4.59. The van der Waals surface area contributed by atoms with Crippen LogP contribution in [0.5, 0.6) is 0 Å². The Morgan fingerprint density at radius 3 is 2.40 bits per heavy atom. The summed E-state index contributed by atoms with van der Waals surface area (Å²) in [5.41, 5.74) is 0.899. The maximum absolute atomic E-state index is 12.3. The molecule has 20 heavy (non-hydrogen) atoms. The molecular formula is C13H13BrClNO2S2. The first-order chi connectivity index (χ1) is 9.42. The van der Waals surface area contributed by atoms with Crippen molar-refractivity contribution in [3.8, 4) is 0 Å². The number of rotatable bonds is 5. The van der Waals surface area contributed by atoms with Gasteiger partial charge in [-0.2, -0.15) is 0 Å². The van der Waals surface area contributed by atoms with Crippen LogP contribution in [0.25, 0.3) is 0 Å². The van der Waals surface area contributed by atoms with Crippen LogP contribution in [0.1, 0.15) is 24.9 Å². The molecule has 0 amide bonds. The van der Waals surface area contributed by atoms with Crippen LogP contribution in [0, 0.1) is 0 Å². The molecule has 1 aromatic heterocycles. The second kappa shape index (κ2) is 6.58. The van der Waals surface area contributed by atoms with Gasteiger partial charge in [0.2, 0.25) is 0 Å². The zero-order valence-corrected chi connectivity index (χ0v) is 14.6. The van der Waals surface area contributed by atoms with Crippen molar-refractivity contribution in [2.24, 2.45) is 0 Å². The lowest BCUT2D eigenvalue weighted by Gasteiger charge is -2.17. The van der Waals surface area contributed by atoms with E-state index in [1.54, 1.807) is 24.3 Å². The van der Waals surface area contributed by atoms with Gasteiger partial charge in [0, 0.05) is 11.1 Å². The molecule has 1 atom stereocenters. The van der Waals surface area contributed by atoms with E-state index in [0.29, 0.717) is 15.7 Å². The third kappa shape index (κ3) is 3.83. The smallest absolute Gasteiger partial charge is 0.206 e. The van der Waals surface area contributed by atoms with E-state index in [4.69, 9.17) is 11.6 Å². The van der Waals surface area contributed by atoms with Crippen LogP contribution in [0.4, 0.5) is 0 Å². The molecule has 0 bridgehead atoms. The van der Waals surface area contributed by atoms with Gasteiger partial charge in [0.1, 0.15) is 4.21 Å². The molecular weight excluding hydrogens is 382 g/mol. The van der Waals surface area contributed by atoms with Crippen molar-refractivity contribution in [2.75, 3.05) is 0 Å². The second-order valence-electron chi connectivity index (χ2n) is 4.19. The van der Waals surface area contributed by atoms with Crippen molar-refractivity contribution >= 4 is 48.9 Å². The predicted molar refractivity (Wildman–Crippen MR) is 86.8 cm³/mol. The van der Waals surface area contributed by atoms with Gasteiger partial charge in [0.15, 0.2) is 0 Å². The highest BCUT2D eigenvalue weighted by molar-refractivity contribution is 9.11. The average molecular weight is 395 g/mol. The Kier molecular flexibility index (Phi) is 5.25. The van der Waals surface area contributed by atoms with Crippen LogP contribution in [-0.4, -0.2) is 8.42 Å². The first kappa shape index (κ1) is 16.0. The van der Waals surface area contributed by atoms with E-state index in [9.17, 15) is 8.42 Å². The molecule has 0 fully saturated rings. The highest BCUT2D eigenvalue weighted by Gasteiger charge is 2.21. The molecule has 0 aliphatic rings. The number of hydrogen-bond donors (Lipinski definition) is 1. The molecule has 1 aromatic carbocycles. The first-order valence-electron chi connectivity index (χ1n) is 5.95. The number of benzene rings is 1. The molecule has 2 aromatic rings. The quantitative estimate of drug-likeness (QED) is 0.806. The second-order valence-corrected chi connectivity index (χ2v) is 9.03. The van der Waals surface area contributed by atoms with E-state index in [2.05, 4.69) is 20.7 Å². The Bertz CT molecular complexity index is 683. The Balaban J connectivity index is 2.24. The molecule has 0 saturated carbocycles. The Hall–Kier alpha value is -0.400. The van der Waals surface area contributed by atoms with Crippen LogP contribution < -0.4 is 4.72 Å². The summed E-state index contributed by atoms with van der Waals surface area (Å²) in [5.74, 6) is 0. The van der Waals surface area contributed by atoms with Crippen LogP contribution in [0.15, 0.2) is 44.4 Å². The summed E-state index contributed by atoms with van der Waals surface area (Å²) in [6, 6.07) is 10.2. The fourth-order valence-corrected chi connectivity index (χ4v) is 5.23. The van der Waals surface area contributed by atoms with Crippen molar-refractivity contribution in [1.82, 2.24) is 4.72 Å². The molecule has 0 aliphatic heterocycles. The molecule has 0 spiro atoms. The molecule has 108 valence electrons. The molecule has 0 unspecified atom stereocenters. The third-order valence-electron chi connectivity index (χ3n) is 2.79. The van der Waals surface area contributed by atoms with Gasteiger partial charge in [-0.3, -0.25) is 0 Å². The fourth-order valence-electron chi connectivity index (χ4n) is 1.77. The number of halogens is 2. The Morgan fingerprint density at radius 1 is 1.25 bits per heavy atom. The van der Waals surface area contributed by atoms with Crippen molar-refractivity contribution in [3.05, 3.63) is 50.8 Å². The van der Waals surface area contributed by atoms with Gasteiger partial charge in [0.25, 0.3) is 10.0 Å². The molecule has 2 rings (SSSR count). The van der Waals surface area contributed by atoms with E-state index in [0.717, 1.165) is 9.35 Å². The number of hydrogen-bond acceptors (Lipinski definition) is 3. The van der Waals surface area contributed by atoms with Crippen molar-refractivity contribution in [1.29, 1.82) is 0 Å². The minimum Gasteiger partial charge on any atom is -0.206 e. The zero-order chi connectivity index (χ0) is 14.8. The first-order valence-corrected chi connectivity index (χ1v) is 9.42. The normalized spacial score (nSPS) is 13.3. The lowest BCUT2D eigenvalue weighted by Crippen LogP contribution is -2.27. The summed E-state index contributed by atoms with van der Waals surface area (Å²) < 4.78 is 28.4. The third-order valence-corrected chi connectivity index (χ3v) is 6.63. The zero-order valence-electron chi connectivity index (χ0n) is 10.6. The topological polar surface area (TPSA) is 46.2 Å². The van der Waals surface area contributed by atoms with Crippen LogP contribution in [0.2, 0.25) is 5.02 Å². The molecule has 7 heteroatoms. The lowest BCUT2D eigenvalue weighted by molar-refractivity contribution is 0.552. The summed E-state index contributed by atoms with van der Waals surface area (Å²) in [6.07, 6.45) is 0.660. The molecule has 0 radical (unpaired) electrons. The summed E-state index contributed by atoms with van der Waals surface area (Å²) in [4.78, 5) is 0. The number of sulfonamides is 1. The van der Waals surface area contributed by atoms with Crippen LogP contribution in [-0.2, 0) is 10.0 Å². The monoisotopic (exact) mass is 393 g/mol. The van der Waals surface area contributed by atoms with Crippen molar-refractivity contribution < 1.29 is 8.42 Å². The standard InChI is InChI=1S/C13H13BrClNO2S2/c1-2-11(9-3-5-10(15)6-4-9)16-20(17,18)13-8-7-12(14)19-13/h3-8,11,16H,2H2,1H3/t11-/m1/s1. The van der Waals surface area contributed by atoms with Gasteiger partial charge in [-0.05, 0) is 52.2 Å². The van der Waals surface area contributed by atoms with Gasteiger partial charge < -0.3 is 0 Å². The minimum atomic E-state index is -3.50. The summed E-state index contributed by atoms with van der Waals surface area (Å²) in [6.45, 7) is 1.94. The van der Waals surface area contributed by atoms with E-state index < -0.39 is 10.0 Å². The summed E-state index contributed by atoms with van der Waals surface area (Å²) in [7, 11) is -3.50. The fraction of sp³-hybridized carbons (Fsp3) is 0.231. The largest absolute Gasteiger partial charge is 0.250 e. The van der Waals surface area contributed by atoms with Gasteiger partial charge >= 0.3 is 0 Å². The molecule has 0 saturated heterocycles. The highest BCUT2D eigenvalue weighted by Crippen LogP contribution is 2.28.